The van der Waals surface area contributed by atoms with E-state index in [1.165, 1.54) is 4.57 Å². The third-order valence-corrected chi connectivity index (χ3v) is 1.76. The number of hydrogen-bond donors (Lipinski definition) is 1. The molecule has 0 saturated carbocycles. The van der Waals surface area contributed by atoms with Crippen molar-refractivity contribution < 1.29 is 0 Å². The molecule has 0 radical (unpaired) electrons. The molecule has 0 aromatic carbocycles. The molecule has 0 unspecified atom stereocenters. The second-order valence-electron chi connectivity index (χ2n) is 1.72. The van der Waals surface area contributed by atoms with E-state index in [0.717, 1.165) is 0 Å². The fourth-order valence-corrected chi connectivity index (χ4v) is 1.05. The lowest BCUT2D eigenvalue weighted by Crippen LogP contribution is -2.21. The maximum Gasteiger partial charge on any atom is 0.350 e. The van der Waals surface area contributed by atoms with Crippen LogP contribution in [0.15, 0.2) is 17.1 Å². The molecule has 0 bridgehead atoms. The minimum Gasteiger partial charge on any atom is -0.383 e. The zero-order chi connectivity index (χ0) is 7.56. The van der Waals surface area contributed by atoms with Crippen molar-refractivity contribution >= 4 is 28.4 Å². The van der Waals surface area contributed by atoms with Crippen molar-refractivity contribution in [2.24, 2.45) is 0 Å². The highest BCUT2D eigenvalue weighted by Crippen LogP contribution is 1.91. The second kappa shape index (κ2) is 3.00. The van der Waals surface area contributed by atoms with E-state index in [4.69, 9.17) is 5.73 Å². The Bertz CT molecular complexity index is 282. The molecular formula is C5H6IN3O. The molecule has 0 aliphatic carbocycles. The molecular weight excluding hydrogens is 245 g/mol. The Morgan fingerprint density at radius 1 is 1.80 bits per heavy atom. The van der Waals surface area contributed by atoms with E-state index < -0.39 is 0 Å². The van der Waals surface area contributed by atoms with Gasteiger partial charge in [0.15, 0.2) is 0 Å². The third kappa shape index (κ3) is 1.47. The molecule has 1 aromatic rings. The van der Waals surface area contributed by atoms with E-state index in [1.54, 1.807) is 12.3 Å². The SMILES string of the molecule is Nc1ccn(CI)c(=O)n1. The number of rotatable bonds is 1. The van der Waals surface area contributed by atoms with Gasteiger partial charge in [0.05, 0.1) is 4.55 Å². The molecule has 54 valence electrons. The van der Waals surface area contributed by atoms with Gasteiger partial charge >= 0.3 is 5.69 Å². The lowest BCUT2D eigenvalue weighted by molar-refractivity contribution is 0.814. The van der Waals surface area contributed by atoms with Crippen molar-refractivity contribution in [3.63, 3.8) is 0 Å². The number of nitrogen functional groups attached to an aromatic ring is 1. The van der Waals surface area contributed by atoms with Gasteiger partial charge in [0.2, 0.25) is 0 Å². The first-order chi connectivity index (χ1) is 4.74. The van der Waals surface area contributed by atoms with Gasteiger partial charge in [-0.05, 0) is 6.07 Å². The van der Waals surface area contributed by atoms with Crippen molar-refractivity contribution in [3.8, 4) is 0 Å². The third-order valence-electron chi connectivity index (χ3n) is 1.02. The number of alkyl halides is 1. The van der Waals surface area contributed by atoms with Crippen LogP contribution in [0.25, 0.3) is 0 Å². The van der Waals surface area contributed by atoms with E-state index in [1.807, 2.05) is 0 Å². The van der Waals surface area contributed by atoms with Gasteiger partial charge in [-0.1, -0.05) is 22.6 Å². The van der Waals surface area contributed by atoms with Crippen LogP contribution in [-0.2, 0) is 4.55 Å². The lowest BCUT2D eigenvalue weighted by Gasteiger charge is -1.96. The Morgan fingerprint density at radius 3 is 3.00 bits per heavy atom. The van der Waals surface area contributed by atoms with Crippen LogP contribution < -0.4 is 11.4 Å². The van der Waals surface area contributed by atoms with Gasteiger partial charge in [-0.2, -0.15) is 4.98 Å². The fourth-order valence-electron chi connectivity index (χ4n) is 0.533. The van der Waals surface area contributed by atoms with E-state index in [-0.39, 0.29) is 11.5 Å². The van der Waals surface area contributed by atoms with Crippen LogP contribution in [0.3, 0.4) is 0 Å². The van der Waals surface area contributed by atoms with Crippen LogP contribution in [-0.4, -0.2) is 9.55 Å². The molecule has 1 aromatic heterocycles. The first-order valence-electron chi connectivity index (χ1n) is 2.63. The molecule has 4 nitrogen and oxygen atoms in total. The van der Waals surface area contributed by atoms with Gasteiger partial charge in [0, 0.05) is 6.20 Å². The molecule has 0 saturated heterocycles. The summed E-state index contributed by atoms with van der Waals surface area (Å²) in [5.74, 6) is 0.270. The Labute approximate surface area is 71.2 Å². The smallest absolute Gasteiger partial charge is 0.350 e. The van der Waals surface area contributed by atoms with Crippen molar-refractivity contribution in [3.05, 3.63) is 22.7 Å². The van der Waals surface area contributed by atoms with E-state index in [0.29, 0.717) is 4.55 Å². The van der Waals surface area contributed by atoms with Crippen LogP contribution in [0.1, 0.15) is 0 Å². The van der Waals surface area contributed by atoms with Crippen LogP contribution in [0.5, 0.6) is 0 Å². The molecule has 1 rings (SSSR count). The zero-order valence-electron chi connectivity index (χ0n) is 5.12. The number of aromatic nitrogens is 2. The Hall–Kier alpha value is -0.590. The van der Waals surface area contributed by atoms with Crippen molar-refractivity contribution in [2.75, 3.05) is 5.73 Å². The standard InChI is InChI=1S/C5H6IN3O/c6-3-9-2-1-4(7)8-5(9)10/h1-2H,3H2,(H2,7,8,10). The maximum absolute atomic E-state index is 10.8. The molecule has 0 spiro atoms. The van der Waals surface area contributed by atoms with Crippen LogP contribution in [0.4, 0.5) is 5.82 Å². The van der Waals surface area contributed by atoms with E-state index in [9.17, 15) is 4.79 Å². The summed E-state index contributed by atoms with van der Waals surface area (Å²) in [7, 11) is 0. The normalized spacial score (nSPS) is 9.70. The molecule has 0 aliphatic heterocycles. The Kier molecular flexibility index (Phi) is 2.25. The second-order valence-corrected chi connectivity index (χ2v) is 2.41. The molecule has 10 heavy (non-hydrogen) atoms. The first-order valence-corrected chi connectivity index (χ1v) is 4.15. The molecule has 1 heterocycles. The van der Waals surface area contributed by atoms with Crippen molar-refractivity contribution in [1.82, 2.24) is 9.55 Å². The number of anilines is 1. The molecule has 0 atom stereocenters. The predicted octanol–water partition coefficient (Wildman–Crippen LogP) is 0.218. The molecule has 5 heteroatoms. The van der Waals surface area contributed by atoms with Gasteiger partial charge in [-0.15, -0.1) is 0 Å². The number of hydrogen-bond acceptors (Lipinski definition) is 3. The topological polar surface area (TPSA) is 60.9 Å². The van der Waals surface area contributed by atoms with Gasteiger partial charge in [-0.3, -0.25) is 4.57 Å². The molecule has 2 N–H and O–H groups in total. The highest BCUT2D eigenvalue weighted by Gasteiger charge is 1.92. The summed E-state index contributed by atoms with van der Waals surface area (Å²) in [6.45, 7) is 0. The highest BCUT2D eigenvalue weighted by molar-refractivity contribution is 14.1. The summed E-state index contributed by atoms with van der Waals surface area (Å²) < 4.78 is 2.07. The monoisotopic (exact) mass is 251 g/mol. The molecule has 0 aliphatic rings. The summed E-state index contributed by atoms with van der Waals surface area (Å²) in [5.41, 5.74) is 4.96. The molecule has 0 fully saturated rings. The average Bonchev–Trinajstić information content (AvgIpc) is 1.88. The largest absolute Gasteiger partial charge is 0.383 e. The summed E-state index contributed by atoms with van der Waals surface area (Å²) in [6.07, 6.45) is 1.62. The minimum absolute atomic E-state index is 0.270. The number of halogens is 1. The van der Waals surface area contributed by atoms with Crippen molar-refractivity contribution in [1.29, 1.82) is 0 Å². The van der Waals surface area contributed by atoms with Crippen LogP contribution in [0, 0.1) is 0 Å². The van der Waals surface area contributed by atoms with Crippen LogP contribution >= 0.6 is 22.6 Å². The highest BCUT2D eigenvalue weighted by atomic mass is 127. The van der Waals surface area contributed by atoms with Gasteiger partial charge in [-0.25, -0.2) is 4.79 Å². The summed E-state index contributed by atoms with van der Waals surface area (Å²) in [4.78, 5) is 14.4. The zero-order valence-corrected chi connectivity index (χ0v) is 7.28. The van der Waals surface area contributed by atoms with E-state index in [2.05, 4.69) is 27.6 Å². The number of nitrogens with zero attached hydrogens (tertiary/aromatic N) is 2. The van der Waals surface area contributed by atoms with Crippen LogP contribution in [0.2, 0.25) is 0 Å². The predicted molar refractivity (Wildman–Crippen MR) is 46.9 cm³/mol. The minimum atomic E-state index is -0.297. The van der Waals surface area contributed by atoms with Gasteiger partial charge in [0.1, 0.15) is 5.82 Å². The summed E-state index contributed by atoms with van der Waals surface area (Å²) >= 11 is 2.07. The maximum atomic E-state index is 10.8. The average molecular weight is 251 g/mol. The quantitative estimate of drug-likeness (QED) is 0.573. The summed E-state index contributed by atoms with van der Waals surface area (Å²) in [5, 5.41) is 0. The molecule has 0 amide bonds. The Balaban J connectivity index is 3.20. The number of nitrogens with two attached hydrogens (primary N) is 1. The van der Waals surface area contributed by atoms with Gasteiger partial charge in [0.25, 0.3) is 0 Å². The lowest BCUT2D eigenvalue weighted by atomic mass is 10.6. The van der Waals surface area contributed by atoms with Gasteiger partial charge < -0.3 is 5.73 Å². The van der Waals surface area contributed by atoms with Crippen molar-refractivity contribution in [2.45, 2.75) is 4.55 Å². The summed E-state index contributed by atoms with van der Waals surface area (Å²) in [6, 6.07) is 1.60. The fraction of sp³-hybridized carbons (Fsp3) is 0.200. The van der Waals surface area contributed by atoms with E-state index >= 15 is 0 Å². The first kappa shape index (κ1) is 7.52. The Morgan fingerprint density at radius 2 is 2.50 bits per heavy atom.